The van der Waals surface area contributed by atoms with Gasteiger partial charge in [0.1, 0.15) is 5.82 Å². The Morgan fingerprint density at radius 2 is 1.78 bits per heavy atom. The minimum absolute atomic E-state index is 0.255. The average Bonchev–Trinajstić information content (AvgIpc) is 2.82. The first kappa shape index (κ1) is 13.2. The second-order valence-corrected chi connectivity index (χ2v) is 5.36. The number of halogens is 1. The molecule has 1 aliphatic rings. The Bertz CT molecular complexity index is 419. The number of hydrogen-bond donors (Lipinski definition) is 0. The van der Waals surface area contributed by atoms with Crippen molar-refractivity contribution >= 4 is 5.78 Å². The summed E-state index contributed by atoms with van der Waals surface area (Å²) in [5.74, 6) is 0.00555. The largest absolute Gasteiger partial charge is 0.297 e. The van der Waals surface area contributed by atoms with Crippen LogP contribution in [0.25, 0.3) is 0 Å². The molecule has 1 aliphatic carbocycles. The number of benzene rings is 1. The van der Waals surface area contributed by atoms with Crippen LogP contribution >= 0.6 is 0 Å². The fraction of sp³-hybridized carbons (Fsp3) is 0.533. The zero-order valence-corrected chi connectivity index (χ0v) is 11.1. The third-order valence-electron chi connectivity index (χ3n) is 4.08. The molecule has 1 aromatic rings. The van der Waals surface area contributed by atoms with Crippen LogP contribution < -0.4 is 0 Å². The van der Waals surface area contributed by atoms with E-state index < -0.39 is 0 Å². The first-order valence-electron chi connectivity index (χ1n) is 6.50. The van der Waals surface area contributed by atoms with Crippen LogP contribution in [-0.2, 0) is 11.2 Å². The smallest absolute Gasteiger partial charge is 0.157 e. The van der Waals surface area contributed by atoms with Gasteiger partial charge in [-0.15, -0.1) is 0 Å². The van der Waals surface area contributed by atoms with Crippen molar-refractivity contribution in [2.45, 2.75) is 37.6 Å². The van der Waals surface area contributed by atoms with Crippen molar-refractivity contribution in [2.24, 2.45) is 0 Å². The molecular weight excluding hydrogens is 229 g/mol. The van der Waals surface area contributed by atoms with Gasteiger partial charge in [0.2, 0.25) is 0 Å². The monoisotopic (exact) mass is 249 g/mol. The Balaban J connectivity index is 2.13. The molecule has 2 rings (SSSR count). The Labute approximate surface area is 108 Å². The van der Waals surface area contributed by atoms with E-state index >= 15 is 0 Å². The maximum absolute atomic E-state index is 12.8. The minimum Gasteiger partial charge on any atom is -0.297 e. The molecule has 1 aromatic carbocycles. The summed E-state index contributed by atoms with van der Waals surface area (Å²) in [6.07, 6.45) is 4.53. The highest BCUT2D eigenvalue weighted by atomic mass is 19.1. The summed E-state index contributed by atoms with van der Waals surface area (Å²) in [6.45, 7) is 0. The van der Waals surface area contributed by atoms with E-state index in [1.54, 1.807) is 12.1 Å². The Kier molecular flexibility index (Phi) is 3.81. The zero-order chi connectivity index (χ0) is 13.2. The summed E-state index contributed by atoms with van der Waals surface area (Å²) in [6, 6.07) is 6.23. The first-order chi connectivity index (χ1) is 8.54. The highest BCUT2D eigenvalue weighted by Gasteiger charge is 2.42. The van der Waals surface area contributed by atoms with Crippen molar-refractivity contribution in [3.05, 3.63) is 35.6 Å². The zero-order valence-electron chi connectivity index (χ0n) is 11.1. The standard InChI is InChI=1S/C15H20FNO/c1-17(2)15(9-3-4-10-15)14(18)11-12-5-7-13(16)8-6-12/h5-8H,3-4,9-11H2,1-2H3. The lowest BCUT2D eigenvalue weighted by Gasteiger charge is -2.34. The van der Waals surface area contributed by atoms with Crippen molar-refractivity contribution in [3.63, 3.8) is 0 Å². The molecule has 0 N–H and O–H groups in total. The lowest BCUT2D eigenvalue weighted by atomic mass is 9.87. The molecule has 0 radical (unpaired) electrons. The van der Waals surface area contributed by atoms with Gasteiger partial charge in [0.25, 0.3) is 0 Å². The fourth-order valence-corrected chi connectivity index (χ4v) is 2.89. The molecule has 0 aliphatic heterocycles. The average molecular weight is 249 g/mol. The molecule has 0 heterocycles. The maximum Gasteiger partial charge on any atom is 0.157 e. The van der Waals surface area contributed by atoms with Crippen molar-refractivity contribution in [2.75, 3.05) is 14.1 Å². The molecule has 0 aromatic heterocycles. The second kappa shape index (κ2) is 5.19. The van der Waals surface area contributed by atoms with E-state index in [-0.39, 0.29) is 17.1 Å². The van der Waals surface area contributed by atoms with Gasteiger partial charge in [-0.1, -0.05) is 25.0 Å². The van der Waals surface area contributed by atoms with Gasteiger partial charge >= 0.3 is 0 Å². The lowest BCUT2D eigenvalue weighted by molar-refractivity contribution is -0.128. The van der Waals surface area contributed by atoms with E-state index in [2.05, 4.69) is 4.90 Å². The molecule has 0 spiro atoms. The van der Waals surface area contributed by atoms with E-state index in [1.165, 1.54) is 12.1 Å². The van der Waals surface area contributed by atoms with E-state index in [0.29, 0.717) is 6.42 Å². The molecule has 0 unspecified atom stereocenters. The van der Waals surface area contributed by atoms with Crippen LogP contribution in [0.2, 0.25) is 0 Å². The van der Waals surface area contributed by atoms with E-state index in [1.807, 2.05) is 14.1 Å². The van der Waals surface area contributed by atoms with Gasteiger partial charge in [-0.2, -0.15) is 0 Å². The van der Waals surface area contributed by atoms with Gasteiger partial charge in [0.05, 0.1) is 5.54 Å². The maximum atomic E-state index is 12.8. The molecule has 0 atom stereocenters. The number of ketones is 1. The summed E-state index contributed by atoms with van der Waals surface area (Å²) in [5.41, 5.74) is 0.600. The van der Waals surface area contributed by atoms with Crippen molar-refractivity contribution < 1.29 is 9.18 Å². The first-order valence-corrected chi connectivity index (χ1v) is 6.50. The molecule has 2 nitrogen and oxygen atoms in total. The van der Waals surface area contributed by atoms with Crippen molar-refractivity contribution in [3.8, 4) is 0 Å². The Morgan fingerprint density at radius 3 is 2.28 bits per heavy atom. The number of hydrogen-bond acceptors (Lipinski definition) is 2. The third kappa shape index (κ3) is 2.46. The van der Waals surface area contributed by atoms with Crippen molar-refractivity contribution in [1.82, 2.24) is 4.90 Å². The summed E-state index contributed by atoms with van der Waals surface area (Å²) in [7, 11) is 3.96. The SMILES string of the molecule is CN(C)C1(C(=O)Cc2ccc(F)cc2)CCCC1. The van der Waals surface area contributed by atoms with Crippen LogP contribution in [0, 0.1) is 5.82 Å². The molecular formula is C15H20FNO. The molecule has 1 saturated carbocycles. The van der Waals surface area contributed by atoms with Crippen LogP contribution in [0.5, 0.6) is 0 Å². The molecule has 0 amide bonds. The summed E-state index contributed by atoms with van der Waals surface area (Å²) in [5, 5.41) is 0. The van der Waals surface area contributed by atoms with E-state index in [4.69, 9.17) is 0 Å². The second-order valence-electron chi connectivity index (χ2n) is 5.36. The topological polar surface area (TPSA) is 20.3 Å². The number of nitrogens with zero attached hydrogens (tertiary/aromatic N) is 1. The highest BCUT2D eigenvalue weighted by molar-refractivity contribution is 5.90. The van der Waals surface area contributed by atoms with Crippen molar-refractivity contribution in [1.29, 1.82) is 0 Å². The third-order valence-corrected chi connectivity index (χ3v) is 4.08. The number of Topliss-reactive ketones (excluding diaryl/α,β-unsaturated/α-hetero) is 1. The van der Waals surface area contributed by atoms with Crippen LogP contribution in [0.1, 0.15) is 31.2 Å². The molecule has 3 heteroatoms. The van der Waals surface area contributed by atoms with Gasteiger partial charge in [-0.05, 0) is 44.6 Å². The predicted molar refractivity (Wildman–Crippen MR) is 70.0 cm³/mol. The highest BCUT2D eigenvalue weighted by Crippen LogP contribution is 2.35. The van der Waals surface area contributed by atoms with E-state index in [9.17, 15) is 9.18 Å². The summed E-state index contributed by atoms with van der Waals surface area (Å²) in [4.78, 5) is 14.6. The van der Waals surface area contributed by atoms with Gasteiger partial charge in [-0.25, -0.2) is 4.39 Å². The van der Waals surface area contributed by atoms with Crippen LogP contribution in [0.15, 0.2) is 24.3 Å². The molecule has 0 saturated heterocycles. The quantitative estimate of drug-likeness (QED) is 0.818. The van der Waals surface area contributed by atoms with Gasteiger partial charge in [0, 0.05) is 6.42 Å². The lowest BCUT2D eigenvalue weighted by Crippen LogP contribution is -2.49. The number of carbonyl (C=O) groups excluding carboxylic acids is 1. The fourth-order valence-electron chi connectivity index (χ4n) is 2.89. The molecule has 98 valence electrons. The Hall–Kier alpha value is -1.22. The minimum atomic E-state index is -0.297. The van der Waals surface area contributed by atoms with Crippen LogP contribution in [-0.4, -0.2) is 30.3 Å². The van der Waals surface area contributed by atoms with Gasteiger partial charge in [0.15, 0.2) is 5.78 Å². The summed E-state index contributed by atoms with van der Waals surface area (Å²) < 4.78 is 12.8. The van der Waals surface area contributed by atoms with E-state index in [0.717, 1.165) is 31.2 Å². The molecule has 0 bridgehead atoms. The Morgan fingerprint density at radius 1 is 1.22 bits per heavy atom. The van der Waals surface area contributed by atoms with Crippen LogP contribution in [0.4, 0.5) is 4.39 Å². The number of likely N-dealkylation sites (N-methyl/N-ethyl adjacent to an activating group) is 1. The number of rotatable bonds is 4. The molecule has 1 fully saturated rings. The number of carbonyl (C=O) groups is 1. The van der Waals surface area contributed by atoms with Crippen LogP contribution in [0.3, 0.4) is 0 Å². The molecule has 18 heavy (non-hydrogen) atoms. The van der Waals surface area contributed by atoms with Gasteiger partial charge in [-0.3, -0.25) is 9.69 Å². The normalized spacial score (nSPS) is 18.2. The predicted octanol–water partition coefficient (Wildman–Crippen LogP) is 2.81. The van der Waals surface area contributed by atoms with Gasteiger partial charge < -0.3 is 0 Å². The summed E-state index contributed by atoms with van der Waals surface area (Å²) >= 11 is 0.